The predicted octanol–water partition coefficient (Wildman–Crippen LogP) is 4.80. The number of anilines is 1. The van der Waals surface area contributed by atoms with E-state index < -0.39 is 0 Å². The van der Waals surface area contributed by atoms with E-state index in [1.54, 1.807) is 24.1 Å². The molecule has 5 nitrogen and oxygen atoms in total. The van der Waals surface area contributed by atoms with Crippen molar-refractivity contribution in [3.8, 4) is 5.75 Å². The van der Waals surface area contributed by atoms with E-state index in [0.29, 0.717) is 29.4 Å². The van der Waals surface area contributed by atoms with Crippen molar-refractivity contribution < 1.29 is 9.53 Å². The van der Waals surface area contributed by atoms with E-state index in [4.69, 9.17) is 21.3 Å². The molecule has 1 fully saturated rings. The largest absolute Gasteiger partial charge is 0.497 e. The van der Waals surface area contributed by atoms with Gasteiger partial charge < -0.3 is 14.2 Å². The van der Waals surface area contributed by atoms with Gasteiger partial charge in [-0.05, 0) is 38.1 Å². The lowest BCUT2D eigenvalue weighted by Gasteiger charge is -2.20. The van der Waals surface area contributed by atoms with Gasteiger partial charge in [0.2, 0.25) is 5.91 Å². The molecule has 1 aliphatic rings. The molecule has 0 N–H and O–H groups in total. The monoisotopic (exact) mass is 383 g/mol. The summed E-state index contributed by atoms with van der Waals surface area (Å²) in [6.07, 6.45) is 0.420. The Balaban J connectivity index is 1.73. The number of benzene rings is 2. The minimum absolute atomic E-state index is 0.0227. The number of hydrogen-bond acceptors (Lipinski definition) is 3. The Morgan fingerprint density at radius 2 is 2.00 bits per heavy atom. The molecule has 1 aliphatic heterocycles. The van der Waals surface area contributed by atoms with Gasteiger partial charge >= 0.3 is 0 Å². The number of para-hydroxylation sites is 2. The van der Waals surface area contributed by atoms with Crippen LogP contribution in [0.25, 0.3) is 11.0 Å². The fraction of sp³-hybridized carbons (Fsp3) is 0.333. The maximum atomic E-state index is 12.8. The molecule has 1 saturated heterocycles. The molecule has 1 atom stereocenters. The van der Waals surface area contributed by atoms with E-state index in [9.17, 15) is 4.79 Å². The van der Waals surface area contributed by atoms with Gasteiger partial charge in [-0.3, -0.25) is 4.79 Å². The Hall–Kier alpha value is -2.53. The first-order valence-corrected chi connectivity index (χ1v) is 9.48. The number of halogens is 1. The summed E-state index contributed by atoms with van der Waals surface area (Å²) in [5.41, 5.74) is 2.76. The summed E-state index contributed by atoms with van der Waals surface area (Å²) in [4.78, 5) is 19.4. The zero-order valence-corrected chi connectivity index (χ0v) is 16.4. The molecule has 1 amide bonds. The molecule has 3 aromatic rings. The fourth-order valence-electron chi connectivity index (χ4n) is 3.83. The average Bonchev–Trinajstić information content (AvgIpc) is 3.22. The van der Waals surface area contributed by atoms with Crippen molar-refractivity contribution in [2.24, 2.45) is 0 Å². The van der Waals surface area contributed by atoms with Crippen LogP contribution in [0.5, 0.6) is 5.75 Å². The van der Waals surface area contributed by atoms with Gasteiger partial charge in [0, 0.05) is 31.0 Å². The lowest BCUT2D eigenvalue weighted by atomic mass is 10.1. The van der Waals surface area contributed by atoms with Crippen molar-refractivity contribution in [3.05, 3.63) is 53.3 Å². The summed E-state index contributed by atoms with van der Waals surface area (Å²) in [5, 5.41) is 0.544. The molecule has 2 aromatic carbocycles. The fourth-order valence-corrected chi connectivity index (χ4v) is 4.05. The number of aromatic nitrogens is 2. The lowest BCUT2D eigenvalue weighted by molar-refractivity contribution is -0.117. The number of imidazole rings is 1. The summed E-state index contributed by atoms with van der Waals surface area (Å²) in [7, 11) is 1.60. The third kappa shape index (κ3) is 3.06. The molecule has 27 heavy (non-hydrogen) atoms. The molecular formula is C21H22ClN3O2. The van der Waals surface area contributed by atoms with Crippen LogP contribution in [-0.4, -0.2) is 29.1 Å². The molecule has 1 aromatic heterocycles. The van der Waals surface area contributed by atoms with Crippen molar-refractivity contribution in [2.45, 2.75) is 32.2 Å². The van der Waals surface area contributed by atoms with Crippen LogP contribution >= 0.6 is 11.6 Å². The maximum absolute atomic E-state index is 12.8. The van der Waals surface area contributed by atoms with Crippen LogP contribution in [0.4, 0.5) is 5.69 Å². The Morgan fingerprint density at radius 1 is 1.22 bits per heavy atom. The molecule has 6 heteroatoms. The number of carbonyl (C=O) groups is 1. The number of hydrogen-bond donors (Lipinski definition) is 0. The van der Waals surface area contributed by atoms with E-state index in [0.717, 1.165) is 16.9 Å². The van der Waals surface area contributed by atoms with Crippen LogP contribution in [0.2, 0.25) is 5.02 Å². The van der Waals surface area contributed by atoms with Crippen LogP contribution in [0, 0.1) is 0 Å². The molecule has 0 saturated carbocycles. The molecular weight excluding hydrogens is 362 g/mol. The Labute approximate surface area is 163 Å². The molecule has 0 aliphatic carbocycles. The quantitative estimate of drug-likeness (QED) is 0.650. The van der Waals surface area contributed by atoms with E-state index in [-0.39, 0.29) is 17.9 Å². The highest BCUT2D eigenvalue weighted by Crippen LogP contribution is 2.38. The van der Waals surface area contributed by atoms with Crippen molar-refractivity contribution >= 4 is 34.2 Å². The first-order chi connectivity index (χ1) is 13.0. The van der Waals surface area contributed by atoms with E-state index in [1.165, 1.54) is 0 Å². The normalized spacial score (nSPS) is 17.3. The molecule has 2 heterocycles. The summed E-state index contributed by atoms with van der Waals surface area (Å²) in [6, 6.07) is 13.7. The third-order valence-corrected chi connectivity index (χ3v) is 5.39. The summed E-state index contributed by atoms with van der Waals surface area (Å²) in [6.45, 7) is 4.85. The highest BCUT2D eigenvalue weighted by molar-refractivity contribution is 6.34. The van der Waals surface area contributed by atoms with Gasteiger partial charge in [-0.1, -0.05) is 23.7 Å². The van der Waals surface area contributed by atoms with Gasteiger partial charge in [-0.25, -0.2) is 4.98 Å². The van der Waals surface area contributed by atoms with Gasteiger partial charge in [0.1, 0.15) is 11.6 Å². The second-order valence-electron chi connectivity index (χ2n) is 7.15. The van der Waals surface area contributed by atoms with E-state index in [1.807, 2.05) is 24.3 Å². The van der Waals surface area contributed by atoms with Crippen LogP contribution in [0.1, 0.15) is 38.1 Å². The second kappa shape index (κ2) is 6.89. The second-order valence-corrected chi connectivity index (χ2v) is 7.55. The molecule has 0 spiro atoms. The first-order valence-electron chi connectivity index (χ1n) is 9.10. The topological polar surface area (TPSA) is 47.4 Å². The molecule has 140 valence electrons. The number of amides is 1. The number of fused-ring (bicyclic) bond motifs is 1. The zero-order chi connectivity index (χ0) is 19.1. The standard InChI is InChI=1S/C21H22ClN3O2/c1-13(2)25-18-7-5-4-6-17(18)23-21(25)14-10-20(26)24(12-14)19-11-15(27-3)8-9-16(19)22/h4-9,11,13-14H,10,12H2,1-3H3/t14-/m0/s1. The van der Waals surface area contributed by atoms with Gasteiger partial charge in [0.15, 0.2) is 0 Å². The minimum atomic E-state index is 0.0227. The molecule has 4 rings (SSSR count). The summed E-state index contributed by atoms with van der Waals surface area (Å²) in [5.74, 6) is 1.72. The van der Waals surface area contributed by atoms with Crippen molar-refractivity contribution in [3.63, 3.8) is 0 Å². The van der Waals surface area contributed by atoms with Gasteiger partial charge in [0.25, 0.3) is 0 Å². The van der Waals surface area contributed by atoms with Crippen LogP contribution in [0.3, 0.4) is 0 Å². The summed E-state index contributed by atoms with van der Waals surface area (Å²) < 4.78 is 7.53. The number of ether oxygens (including phenoxy) is 1. The highest BCUT2D eigenvalue weighted by Gasteiger charge is 2.36. The number of rotatable bonds is 4. The Morgan fingerprint density at radius 3 is 2.74 bits per heavy atom. The van der Waals surface area contributed by atoms with Crippen molar-refractivity contribution in [1.29, 1.82) is 0 Å². The Kier molecular flexibility index (Phi) is 4.56. The molecule has 0 radical (unpaired) electrons. The summed E-state index contributed by atoms with van der Waals surface area (Å²) >= 11 is 6.37. The highest BCUT2D eigenvalue weighted by atomic mass is 35.5. The van der Waals surface area contributed by atoms with Crippen LogP contribution in [-0.2, 0) is 4.79 Å². The van der Waals surface area contributed by atoms with Gasteiger partial charge in [-0.2, -0.15) is 0 Å². The van der Waals surface area contributed by atoms with Gasteiger partial charge in [-0.15, -0.1) is 0 Å². The van der Waals surface area contributed by atoms with E-state index in [2.05, 4.69) is 24.5 Å². The SMILES string of the molecule is COc1ccc(Cl)c(N2C[C@@H](c3nc4ccccc4n3C(C)C)CC2=O)c1. The van der Waals surface area contributed by atoms with E-state index >= 15 is 0 Å². The minimum Gasteiger partial charge on any atom is -0.497 e. The number of methoxy groups -OCH3 is 1. The smallest absolute Gasteiger partial charge is 0.227 e. The maximum Gasteiger partial charge on any atom is 0.227 e. The van der Waals surface area contributed by atoms with Crippen LogP contribution < -0.4 is 9.64 Å². The number of carbonyl (C=O) groups excluding carboxylic acids is 1. The molecule has 0 bridgehead atoms. The van der Waals surface area contributed by atoms with Crippen LogP contribution in [0.15, 0.2) is 42.5 Å². The van der Waals surface area contributed by atoms with Crippen molar-refractivity contribution in [1.82, 2.24) is 9.55 Å². The van der Waals surface area contributed by atoms with Gasteiger partial charge in [0.05, 0.1) is 28.9 Å². The predicted molar refractivity (Wildman–Crippen MR) is 108 cm³/mol. The lowest BCUT2D eigenvalue weighted by Crippen LogP contribution is -2.25. The Bertz CT molecular complexity index is 1010. The average molecular weight is 384 g/mol. The third-order valence-electron chi connectivity index (χ3n) is 5.07. The first kappa shape index (κ1) is 17.9. The number of nitrogens with zero attached hydrogens (tertiary/aromatic N) is 3. The van der Waals surface area contributed by atoms with Crippen molar-refractivity contribution in [2.75, 3.05) is 18.6 Å². The zero-order valence-electron chi connectivity index (χ0n) is 15.6. The molecule has 0 unspecified atom stereocenters.